The van der Waals surface area contributed by atoms with Crippen LogP contribution in [-0.4, -0.2) is 42.0 Å². The number of rotatable bonds is 3. The number of nitrogens with zero attached hydrogens (tertiary/aromatic N) is 2. The molecule has 4 nitrogen and oxygen atoms in total. The van der Waals surface area contributed by atoms with Crippen LogP contribution in [0.1, 0.15) is 18.4 Å². The van der Waals surface area contributed by atoms with Gasteiger partial charge in [-0.3, -0.25) is 9.88 Å². The normalized spacial score (nSPS) is 20.2. The van der Waals surface area contributed by atoms with Gasteiger partial charge in [0.1, 0.15) is 0 Å². The minimum atomic E-state index is -0.846. The number of halogens is 2. The van der Waals surface area contributed by atoms with Crippen molar-refractivity contribution in [1.82, 2.24) is 9.88 Å². The monoisotopic (exact) mass is 346 g/mol. The molecule has 0 bridgehead atoms. The first-order valence-corrected chi connectivity index (χ1v) is 8.54. The zero-order valence-corrected chi connectivity index (χ0v) is 13.9. The first-order chi connectivity index (χ1) is 12.2. The zero-order chi connectivity index (χ0) is 17.3. The van der Waals surface area contributed by atoms with Crippen LogP contribution >= 0.6 is 0 Å². The molecule has 0 radical (unpaired) electrons. The number of piperidine rings is 1. The fourth-order valence-corrected chi connectivity index (χ4v) is 3.54. The molecule has 3 heterocycles. The lowest BCUT2D eigenvalue weighted by Crippen LogP contribution is -2.44. The lowest BCUT2D eigenvalue weighted by molar-refractivity contribution is -0.185. The van der Waals surface area contributed by atoms with Crippen molar-refractivity contribution in [3.63, 3.8) is 0 Å². The van der Waals surface area contributed by atoms with E-state index in [0.717, 1.165) is 37.6 Å². The summed E-state index contributed by atoms with van der Waals surface area (Å²) in [7, 11) is 0. The second kappa shape index (κ2) is 6.78. The predicted octanol–water partition coefficient (Wildman–Crippen LogP) is 3.37. The van der Waals surface area contributed by atoms with Gasteiger partial charge >= 0.3 is 0 Å². The number of pyridine rings is 1. The van der Waals surface area contributed by atoms with E-state index in [9.17, 15) is 8.78 Å². The van der Waals surface area contributed by atoms with Crippen molar-refractivity contribution in [2.24, 2.45) is 0 Å². The molecular formula is C19H20F2N2O2. The molecule has 2 aliphatic heterocycles. The Labute approximate surface area is 145 Å². The predicted molar refractivity (Wildman–Crippen MR) is 88.7 cm³/mol. The van der Waals surface area contributed by atoms with Crippen molar-refractivity contribution < 1.29 is 18.3 Å². The average Bonchev–Trinajstić information content (AvgIpc) is 3.08. The summed E-state index contributed by atoms with van der Waals surface area (Å²) in [6, 6.07) is 6.06. The standard InChI is InChI=1S/C19H20F2N2O2/c20-17-3-1-2-16(18(17)21)15-10-14(11-22-12-15)13-23-6-4-19(5-7-23)24-8-9-25-19/h1-3,10-12H,4-9,13H2. The van der Waals surface area contributed by atoms with E-state index in [-0.39, 0.29) is 11.4 Å². The van der Waals surface area contributed by atoms with E-state index >= 15 is 0 Å². The molecule has 1 aromatic heterocycles. The quantitative estimate of drug-likeness (QED) is 0.854. The Kier molecular flexibility index (Phi) is 4.50. The molecule has 0 aliphatic carbocycles. The molecule has 1 aromatic carbocycles. The van der Waals surface area contributed by atoms with Crippen molar-refractivity contribution in [2.75, 3.05) is 26.3 Å². The van der Waals surface area contributed by atoms with Gasteiger partial charge in [-0.25, -0.2) is 8.78 Å². The van der Waals surface area contributed by atoms with Crippen LogP contribution in [0, 0.1) is 11.6 Å². The van der Waals surface area contributed by atoms with E-state index < -0.39 is 11.6 Å². The molecule has 0 unspecified atom stereocenters. The van der Waals surface area contributed by atoms with Crippen LogP contribution in [0.2, 0.25) is 0 Å². The van der Waals surface area contributed by atoms with E-state index in [4.69, 9.17) is 9.47 Å². The summed E-state index contributed by atoms with van der Waals surface area (Å²) in [6.07, 6.45) is 5.03. The Morgan fingerprint density at radius 1 is 1.08 bits per heavy atom. The molecule has 1 spiro atoms. The van der Waals surface area contributed by atoms with Crippen molar-refractivity contribution in [3.05, 3.63) is 53.9 Å². The van der Waals surface area contributed by atoms with Gasteiger partial charge in [-0.2, -0.15) is 0 Å². The highest BCUT2D eigenvalue weighted by molar-refractivity contribution is 5.63. The average molecular weight is 346 g/mol. The third kappa shape index (κ3) is 3.42. The molecule has 0 amide bonds. The second-order valence-electron chi connectivity index (χ2n) is 6.57. The number of hydrogen-bond donors (Lipinski definition) is 0. The third-order valence-electron chi connectivity index (χ3n) is 4.90. The van der Waals surface area contributed by atoms with Crippen molar-refractivity contribution in [3.8, 4) is 11.1 Å². The fraction of sp³-hybridized carbons (Fsp3) is 0.421. The fourth-order valence-electron chi connectivity index (χ4n) is 3.54. The highest BCUT2D eigenvalue weighted by Crippen LogP contribution is 2.32. The van der Waals surface area contributed by atoms with Crippen molar-refractivity contribution >= 4 is 0 Å². The minimum Gasteiger partial charge on any atom is -0.347 e. The molecule has 0 atom stereocenters. The van der Waals surface area contributed by atoms with Crippen LogP contribution in [0.4, 0.5) is 8.78 Å². The number of aromatic nitrogens is 1. The molecule has 6 heteroatoms. The van der Waals surface area contributed by atoms with E-state index in [1.54, 1.807) is 18.5 Å². The topological polar surface area (TPSA) is 34.6 Å². The van der Waals surface area contributed by atoms with Crippen LogP contribution in [0.5, 0.6) is 0 Å². The number of likely N-dealkylation sites (tertiary alicyclic amines) is 1. The lowest BCUT2D eigenvalue weighted by atomic mass is 10.0. The first-order valence-electron chi connectivity index (χ1n) is 8.54. The summed E-state index contributed by atoms with van der Waals surface area (Å²) < 4.78 is 38.9. The van der Waals surface area contributed by atoms with E-state index in [1.165, 1.54) is 6.07 Å². The number of hydrogen-bond acceptors (Lipinski definition) is 4. The van der Waals surface area contributed by atoms with Crippen molar-refractivity contribution in [2.45, 2.75) is 25.2 Å². The lowest BCUT2D eigenvalue weighted by Gasteiger charge is -2.37. The Hall–Kier alpha value is -1.89. The van der Waals surface area contributed by atoms with Gasteiger partial charge in [-0.15, -0.1) is 0 Å². The van der Waals surface area contributed by atoms with Crippen LogP contribution in [0.15, 0.2) is 36.7 Å². The van der Waals surface area contributed by atoms with Gasteiger partial charge < -0.3 is 9.47 Å². The van der Waals surface area contributed by atoms with Gasteiger partial charge in [-0.05, 0) is 17.7 Å². The molecule has 132 valence electrons. The molecule has 2 saturated heterocycles. The molecule has 0 saturated carbocycles. The summed E-state index contributed by atoms with van der Waals surface area (Å²) >= 11 is 0. The number of benzene rings is 1. The van der Waals surface area contributed by atoms with Gasteiger partial charge in [0.2, 0.25) is 0 Å². The summed E-state index contributed by atoms with van der Waals surface area (Å²) in [5.74, 6) is -2.07. The SMILES string of the molecule is Fc1cccc(-c2cncc(CN3CCC4(CC3)OCCO4)c2)c1F. The van der Waals surface area contributed by atoms with E-state index in [2.05, 4.69) is 9.88 Å². The van der Waals surface area contributed by atoms with Gasteiger partial charge in [-0.1, -0.05) is 12.1 Å². The van der Waals surface area contributed by atoms with Crippen LogP contribution in [0.25, 0.3) is 11.1 Å². The zero-order valence-electron chi connectivity index (χ0n) is 13.9. The molecule has 4 rings (SSSR count). The number of ether oxygens (including phenoxy) is 2. The maximum atomic E-state index is 14.0. The maximum absolute atomic E-state index is 14.0. The smallest absolute Gasteiger partial charge is 0.170 e. The molecular weight excluding hydrogens is 326 g/mol. The Balaban J connectivity index is 1.46. The highest BCUT2D eigenvalue weighted by Gasteiger charge is 2.39. The van der Waals surface area contributed by atoms with Crippen LogP contribution in [0.3, 0.4) is 0 Å². The highest BCUT2D eigenvalue weighted by atomic mass is 19.2. The van der Waals surface area contributed by atoms with E-state index in [0.29, 0.717) is 25.3 Å². The first kappa shape index (κ1) is 16.6. The molecule has 2 aliphatic rings. The van der Waals surface area contributed by atoms with Gasteiger partial charge in [0.05, 0.1) is 13.2 Å². The van der Waals surface area contributed by atoms with Gasteiger partial charge in [0.25, 0.3) is 0 Å². The summed E-state index contributed by atoms with van der Waals surface area (Å²) in [6.45, 7) is 3.81. The second-order valence-corrected chi connectivity index (χ2v) is 6.57. The molecule has 2 aromatic rings. The summed E-state index contributed by atoms with van der Waals surface area (Å²) in [5, 5.41) is 0. The molecule has 25 heavy (non-hydrogen) atoms. The summed E-state index contributed by atoms with van der Waals surface area (Å²) in [4.78, 5) is 6.51. The van der Waals surface area contributed by atoms with Crippen LogP contribution < -0.4 is 0 Å². The Bertz CT molecular complexity index is 753. The van der Waals surface area contributed by atoms with Crippen LogP contribution in [-0.2, 0) is 16.0 Å². The Morgan fingerprint density at radius 3 is 2.60 bits per heavy atom. The maximum Gasteiger partial charge on any atom is 0.170 e. The largest absolute Gasteiger partial charge is 0.347 e. The third-order valence-corrected chi connectivity index (χ3v) is 4.90. The van der Waals surface area contributed by atoms with Gasteiger partial charge in [0, 0.05) is 56.0 Å². The van der Waals surface area contributed by atoms with E-state index in [1.807, 2.05) is 6.07 Å². The van der Waals surface area contributed by atoms with Crippen molar-refractivity contribution in [1.29, 1.82) is 0 Å². The molecule has 2 fully saturated rings. The van der Waals surface area contributed by atoms with Gasteiger partial charge in [0.15, 0.2) is 17.4 Å². The Morgan fingerprint density at radius 2 is 1.84 bits per heavy atom. The summed E-state index contributed by atoms with van der Waals surface area (Å²) in [5.41, 5.74) is 1.80. The minimum absolute atomic E-state index is 0.236. The molecule has 0 N–H and O–H groups in total.